The van der Waals surface area contributed by atoms with Crippen LogP contribution in [0.3, 0.4) is 0 Å². The van der Waals surface area contributed by atoms with Gasteiger partial charge < -0.3 is 9.47 Å². The van der Waals surface area contributed by atoms with E-state index in [0.717, 1.165) is 18.4 Å². The largest absolute Gasteiger partial charge is 0.460 e. The quantitative estimate of drug-likeness (QED) is 0.711. The molecule has 0 bridgehead atoms. The predicted molar refractivity (Wildman–Crippen MR) is 101 cm³/mol. The van der Waals surface area contributed by atoms with Crippen molar-refractivity contribution < 1.29 is 22.7 Å². The summed E-state index contributed by atoms with van der Waals surface area (Å²) < 4.78 is 40.3. The second-order valence-corrected chi connectivity index (χ2v) is 9.18. The Labute approximate surface area is 161 Å². The molecule has 1 aromatic carbocycles. The van der Waals surface area contributed by atoms with Crippen molar-refractivity contribution >= 4 is 16.2 Å². The highest BCUT2D eigenvalue weighted by Crippen LogP contribution is 2.26. The lowest BCUT2D eigenvalue weighted by atomic mass is 10.1. The molecule has 1 aromatic rings. The average molecular weight is 397 g/mol. The van der Waals surface area contributed by atoms with Crippen LogP contribution in [0.5, 0.6) is 0 Å². The number of rotatable bonds is 5. The van der Waals surface area contributed by atoms with E-state index in [4.69, 9.17) is 9.47 Å². The first-order valence-corrected chi connectivity index (χ1v) is 10.9. The smallest absolute Gasteiger partial charge is 0.324 e. The molecule has 2 fully saturated rings. The maximum absolute atomic E-state index is 13.2. The Morgan fingerprint density at radius 1 is 1.15 bits per heavy atom. The van der Waals surface area contributed by atoms with Gasteiger partial charge >= 0.3 is 5.97 Å². The summed E-state index contributed by atoms with van der Waals surface area (Å²) in [5.74, 6) is -0.475. The fourth-order valence-electron chi connectivity index (χ4n) is 3.71. The van der Waals surface area contributed by atoms with Crippen molar-refractivity contribution in [1.29, 1.82) is 0 Å². The molecule has 0 aromatic heterocycles. The number of ether oxygens (including phenoxy) is 2. The first-order chi connectivity index (χ1) is 12.9. The molecule has 1 unspecified atom stereocenters. The maximum Gasteiger partial charge on any atom is 0.324 e. The summed E-state index contributed by atoms with van der Waals surface area (Å²) in [4.78, 5) is 12.7. The Balaban J connectivity index is 1.71. The van der Waals surface area contributed by atoms with E-state index in [9.17, 15) is 13.2 Å². The van der Waals surface area contributed by atoms with Crippen LogP contribution in [0.25, 0.3) is 0 Å². The number of esters is 1. The first-order valence-electron chi connectivity index (χ1n) is 9.51. The average Bonchev–Trinajstić information content (AvgIpc) is 2.66. The second-order valence-electron chi connectivity index (χ2n) is 7.30. The van der Waals surface area contributed by atoms with Gasteiger partial charge in [0.25, 0.3) is 10.2 Å². The van der Waals surface area contributed by atoms with Gasteiger partial charge in [0.15, 0.2) is 0 Å². The Bertz CT molecular complexity index is 730. The van der Waals surface area contributed by atoms with Gasteiger partial charge in [-0.15, -0.1) is 0 Å². The van der Waals surface area contributed by atoms with E-state index in [-0.39, 0.29) is 18.8 Å². The van der Waals surface area contributed by atoms with Crippen LogP contribution in [0, 0.1) is 0 Å². The van der Waals surface area contributed by atoms with Crippen molar-refractivity contribution in [2.45, 2.75) is 58.0 Å². The molecule has 3 rings (SSSR count). The Hall–Kier alpha value is -1.48. The summed E-state index contributed by atoms with van der Waals surface area (Å²) in [6, 6.07) is 8.63. The second kappa shape index (κ2) is 8.68. The van der Waals surface area contributed by atoms with Gasteiger partial charge in [-0.2, -0.15) is 17.0 Å². The molecule has 0 radical (unpaired) electrons. The van der Waals surface area contributed by atoms with Crippen LogP contribution in [-0.4, -0.2) is 60.9 Å². The minimum atomic E-state index is -3.74. The third-order valence-corrected chi connectivity index (χ3v) is 6.94. The molecule has 2 aliphatic rings. The monoisotopic (exact) mass is 396 g/mol. The summed E-state index contributed by atoms with van der Waals surface area (Å²) in [7, 11) is -3.74. The van der Waals surface area contributed by atoms with Gasteiger partial charge in [-0.05, 0) is 38.7 Å². The van der Waals surface area contributed by atoms with E-state index in [1.165, 1.54) is 8.61 Å². The number of piperidine rings is 1. The minimum Gasteiger partial charge on any atom is -0.460 e. The highest BCUT2D eigenvalue weighted by molar-refractivity contribution is 7.86. The fraction of sp³-hybridized carbons (Fsp3) is 0.632. The van der Waals surface area contributed by atoms with Crippen molar-refractivity contribution in [3.63, 3.8) is 0 Å². The van der Waals surface area contributed by atoms with E-state index in [1.807, 2.05) is 44.2 Å². The molecule has 7 nitrogen and oxygen atoms in total. The van der Waals surface area contributed by atoms with Crippen LogP contribution < -0.4 is 0 Å². The van der Waals surface area contributed by atoms with Crippen molar-refractivity contribution in [3.05, 3.63) is 35.9 Å². The number of morpholine rings is 1. The molecule has 0 amide bonds. The molecule has 2 heterocycles. The number of carbonyl (C=O) groups is 1. The van der Waals surface area contributed by atoms with Gasteiger partial charge in [-0.3, -0.25) is 4.79 Å². The van der Waals surface area contributed by atoms with Crippen LogP contribution in [0.2, 0.25) is 0 Å². The molecule has 2 saturated heterocycles. The lowest BCUT2D eigenvalue weighted by Crippen LogP contribution is -2.57. The molecular weight excluding hydrogens is 368 g/mol. The standard InChI is InChI=1S/C19H28N2O5S/c1-15-12-20(13-16(2)26-15)27(23,24)21-11-7-6-10-18(21)19(22)25-14-17-8-4-3-5-9-17/h3-5,8-9,15-16,18H,6-7,10-14H2,1-2H3/t15-,16+,18?. The van der Waals surface area contributed by atoms with Gasteiger partial charge in [-0.1, -0.05) is 30.3 Å². The van der Waals surface area contributed by atoms with Crippen molar-refractivity contribution in [3.8, 4) is 0 Å². The molecule has 0 spiro atoms. The van der Waals surface area contributed by atoms with E-state index in [1.54, 1.807) is 0 Å². The number of nitrogens with zero attached hydrogens (tertiary/aromatic N) is 2. The SMILES string of the molecule is C[C@@H]1CN(S(=O)(=O)N2CCCCC2C(=O)OCc2ccccc2)C[C@H](C)O1. The zero-order chi connectivity index (χ0) is 19.4. The van der Waals surface area contributed by atoms with Gasteiger partial charge in [0.2, 0.25) is 0 Å². The lowest BCUT2D eigenvalue weighted by Gasteiger charge is -2.40. The number of benzene rings is 1. The molecule has 0 aliphatic carbocycles. The normalized spacial score (nSPS) is 28.0. The molecule has 3 atom stereocenters. The van der Waals surface area contributed by atoms with Crippen molar-refractivity contribution in [1.82, 2.24) is 8.61 Å². The predicted octanol–water partition coefficient (Wildman–Crippen LogP) is 1.94. The molecule has 27 heavy (non-hydrogen) atoms. The summed E-state index contributed by atoms with van der Waals surface area (Å²) >= 11 is 0. The molecule has 150 valence electrons. The summed E-state index contributed by atoms with van der Waals surface area (Å²) in [5, 5.41) is 0. The summed E-state index contributed by atoms with van der Waals surface area (Å²) in [5.41, 5.74) is 0.881. The van der Waals surface area contributed by atoms with E-state index < -0.39 is 22.2 Å². The van der Waals surface area contributed by atoms with Gasteiger partial charge in [0.05, 0.1) is 12.2 Å². The highest BCUT2D eigenvalue weighted by Gasteiger charge is 2.42. The molecule has 0 N–H and O–H groups in total. The Morgan fingerprint density at radius 2 is 1.81 bits per heavy atom. The number of hydrogen-bond acceptors (Lipinski definition) is 5. The zero-order valence-corrected chi connectivity index (χ0v) is 16.7. The summed E-state index contributed by atoms with van der Waals surface area (Å²) in [6.45, 7) is 4.81. The molecule has 8 heteroatoms. The first kappa shape index (κ1) is 20.3. The zero-order valence-electron chi connectivity index (χ0n) is 15.9. The van der Waals surface area contributed by atoms with Gasteiger partial charge in [0, 0.05) is 19.6 Å². The van der Waals surface area contributed by atoms with Gasteiger partial charge in [0.1, 0.15) is 12.6 Å². The van der Waals surface area contributed by atoms with E-state index >= 15 is 0 Å². The topological polar surface area (TPSA) is 76.2 Å². The Morgan fingerprint density at radius 3 is 2.48 bits per heavy atom. The van der Waals surface area contributed by atoms with E-state index in [2.05, 4.69) is 0 Å². The lowest BCUT2D eigenvalue weighted by molar-refractivity contribution is -0.150. The molecular formula is C19H28N2O5S. The third kappa shape index (κ3) is 4.87. The number of hydrogen-bond donors (Lipinski definition) is 0. The Kier molecular flexibility index (Phi) is 6.52. The van der Waals surface area contributed by atoms with Crippen LogP contribution in [0.4, 0.5) is 0 Å². The van der Waals surface area contributed by atoms with Crippen LogP contribution in [0.1, 0.15) is 38.7 Å². The molecule has 0 saturated carbocycles. The number of carbonyl (C=O) groups excluding carboxylic acids is 1. The van der Waals surface area contributed by atoms with Crippen molar-refractivity contribution in [2.75, 3.05) is 19.6 Å². The molecule has 2 aliphatic heterocycles. The van der Waals surface area contributed by atoms with Crippen molar-refractivity contribution in [2.24, 2.45) is 0 Å². The van der Waals surface area contributed by atoms with Gasteiger partial charge in [-0.25, -0.2) is 0 Å². The van der Waals surface area contributed by atoms with Crippen LogP contribution >= 0.6 is 0 Å². The maximum atomic E-state index is 13.2. The highest BCUT2D eigenvalue weighted by atomic mass is 32.2. The van der Waals surface area contributed by atoms with Crippen LogP contribution in [0.15, 0.2) is 30.3 Å². The van der Waals surface area contributed by atoms with Crippen LogP contribution in [-0.2, 0) is 31.1 Å². The third-order valence-electron chi connectivity index (χ3n) is 4.96. The van der Waals surface area contributed by atoms with E-state index in [0.29, 0.717) is 26.1 Å². The minimum absolute atomic E-state index is 0.148. The fourth-order valence-corrected chi connectivity index (χ4v) is 5.68. The summed E-state index contributed by atoms with van der Waals surface area (Å²) in [6.07, 6.45) is 1.71.